The fourth-order valence-electron chi connectivity index (χ4n) is 3.34. The Morgan fingerprint density at radius 3 is 1.17 bits per heavy atom. The molecular formula is C32H25ClPRu. The summed E-state index contributed by atoms with van der Waals surface area (Å²) in [6.45, 7) is 0. The summed E-state index contributed by atoms with van der Waals surface area (Å²) in [6.07, 6.45) is 0. The maximum Gasteiger partial charge on any atom is -0.0226 e. The van der Waals surface area contributed by atoms with Crippen molar-refractivity contribution in [3.63, 3.8) is 0 Å². The van der Waals surface area contributed by atoms with Crippen molar-refractivity contribution in [1.29, 1.82) is 0 Å². The second-order valence-electron chi connectivity index (χ2n) is 7.37. The summed E-state index contributed by atoms with van der Waals surface area (Å²) < 4.78 is 0. The molecule has 0 aliphatic carbocycles. The molecule has 0 bridgehead atoms. The molecule has 3 heteroatoms. The summed E-state index contributed by atoms with van der Waals surface area (Å²) >= 11 is 1.82. The first-order chi connectivity index (χ1) is 17.4. The van der Waals surface area contributed by atoms with Crippen LogP contribution in [-0.4, -0.2) is 0 Å². The molecule has 35 heavy (non-hydrogen) atoms. The number of benzene rings is 6. The molecule has 0 saturated heterocycles. The van der Waals surface area contributed by atoms with Gasteiger partial charge in [0.1, 0.15) is 0 Å². The first-order valence-corrected chi connectivity index (χ1v) is 14.3. The minimum Gasteiger partial charge on any atom is -0.147 e. The van der Waals surface area contributed by atoms with Crippen molar-refractivity contribution in [3.05, 3.63) is 158 Å². The van der Waals surface area contributed by atoms with Crippen LogP contribution in [-0.2, 0) is 17.3 Å². The van der Waals surface area contributed by atoms with Crippen LogP contribution in [0.1, 0.15) is 0 Å². The van der Waals surface area contributed by atoms with Gasteiger partial charge in [-0.05, 0) is 10.6 Å². The van der Waals surface area contributed by atoms with E-state index in [2.05, 4.69) is 119 Å². The zero-order valence-electron chi connectivity index (χ0n) is 19.1. The van der Waals surface area contributed by atoms with Gasteiger partial charge in [-0.15, -0.1) is 94.3 Å². The molecule has 0 nitrogen and oxygen atoms in total. The van der Waals surface area contributed by atoms with Gasteiger partial charge in [0, 0.05) is 0 Å². The summed E-state index contributed by atoms with van der Waals surface area (Å²) in [5.41, 5.74) is 0. The average Bonchev–Trinajstić information content (AvgIpc) is 2.96. The molecule has 6 aromatic carbocycles. The summed E-state index contributed by atoms with van der Waals surface area (Å²) in [4.78, 5) is 0. The summed E-state index contributed by atoms with van der Waals surface area (Å²) in [7, 11) is 5.35. The van der Waals surface area contributed by atoms with Gasteiger partial charge in [0.2, 0.25) is 0 Å². The molecule has 0 saturated carbocycles. The van der Waals surface area contributed by atoms with Crippen molar-refractivity contribution in [3.8, 4) is 0 Å². The van der Waals surface area contributed by atoms with Crippen LogP contribution < -0.4 is 10.6 Å². The van der Waals surface area contributed by atoms with Gasteiger partial charge in [-0.2, -0.15) is 0 Å². The van der Waals surface area contributed by atoms with Crippen LogP contribution in [0.4, 0.5) is 0 Å². The normalized spacial score (nSPS) is 9.51. The molecule has 0 aromatic heterocycles. The van der Waals surface area contributed by atoms with E-state index in [0.29, 0.717) is 0 Å². The van der Waals surface area contributed by atoms with E-state index in [9.17, 15) is 0 Å². The van der Waals surface area contributed by atoms with Crippen molar-refractivity contribution in [1.82, 2.24) is 0 Å². The van der Waals surface area contributed by atoms with Gasteiger partial charge in [0.25, 0.3) is 0 Å². The van der Waals surface area contributed by atoms with E-state index in [4.69, 9.17) is 0 Å². The molecule has 0 unspecified atom stereocenters. The monoisotopic (exact) mass is 577 g/mol. The molecule has 173 valence electrons. The molecule has 0 aliphatic heterocycles. The van der Waals surface area contributed by atoms with Crippen molar-refractivity contribution in [2.24, 2.45) is 0 Å². The van der Waals surface area contributed by atoms with Crippen molar-refractivity contribution in [2.45, 2.75) is 0 Å². The second-order valence-corrected chi connectivity index (χ2v) is 8.78. The largest absolute Gasteiger partial charge is 0.147 e. The molecule has 0 aliphatic rings. The van der Waals surface area contributed by atoms with E-state index in [1.807, 2.05) is 65.8 Å². The Morgan fingerprint density at radius 2 is 0.771 bits per heavy atom. The Balaban J connectivity index is 0.000000143. The topological polar surface area (TPSA) is 0 Å². The molecule has 0 N–H and O–H groups in total. The molecular weight excluding hydrogens is 552 g/mol. The number of hydrogen-bond acceptors (Lipinski definition) is 0. The maximum atomic E-state index is 4.57. The van der Waals surface area contributed by atoms with E-state index in [-0.39, 0.29) is 0 Å². The minimum atomic E-state index is 0.777. The third-order valence-electron chi connectivity index (χ3n) is 4.98. The van der Waals surface area contributed by atoms with Gasteiger partial charge in [-0.1, -0.05) is 93.5 Å². The Hall–Kier alpha value is -2.82. The van der Waals surface area contributed by atoms with Crippen LogP contribution in [0.15, 0.2) is 146 Å². The van der Waals surface area contributed by atoms with Gasteiger partial charge in [-0.25, -0.2) is 0 Å². The number of hydrogen-bond donors (Lipinski definition) is 0. The molecule has 0 heterocycles. The van der Waals surface area contributed by atoms with Crippen LogP contribution in [0, 0.1) is 12.1 Å². The first-order valence-electron chi connectivity index (χ1n) is 11.1. The number of rotatable bonds is 2. The Bertz CT molecular complexity index is 1150. The Labute approximate surface area is 224 Å². The SMILES string of the molecule is [Cl][Ru+2].[c-]1cccc2ccccc12.[c-]1cccc2ccccc12.c1ccc(Pc2ccccc2)cc1. The summed E-state index contributed by atoms with van der Waals surface area (Å²) in [6, 6.07) is 55.9. The van der Waals surface area contributed by atoms with Crippen molar-refractivity contribution < 1.29 is 17.3 Å². The van der Waals surface area contributed by atoms with Gasteiger partial charge in [-0.3, -0.25) is 0 Å². The van der Waals surface area contributed by atoms with Crippen LogP contribution in [0.3, 0.4) is 0 Å². The fourth-order valence-corrected chi connectivity index (χ4v) is 4.39. The first kappa shape index (κ1) is 26.8. The molecule has 0 atom stereocenters. The predicted molar refractivity (Wildman–Crippen MR) is 152 cm³/mol. The van der Waals surface area contributed by atoms with E-state index in [1.165, 1.54) is 32.2 Å². The molecule has 0 fully saturated rings. The van der Waals surface area contributed by atoms with Crippen LogP contribution in [0.2, 0.25) is 0 Å². The number of fused-ring (bicyclic) bond motifs is 2. The third-order valence-corrected chi connectivity index (χ3v) is 6.22. The summed E-state index contributed by atoms with van der Waals surface area (Å²) in [5.74, 6) is 0. The van der Waals surface area contributed by atoms with Gasteiger partial charge < -0.3 is 0 Å². The van der Waals surface area contributed by atoms with Crippen LogP contribution in [0.25, 0.3) is 21.5 Å². The van der Waals surface area contributed by atoms with Gasteiger partial charge >= 0.3 is 27.0 Å². The second kappa shape index (κ2) is 16.0. The Morgan fingerprint density at radius 1 is 0.429 bits per heavy atom. The molecule has 6 rings (SSSR count). The molecule has 0 amide bonds. The van der Waals surface area contributed by atoms with Crippen molar-refractivity contribution in [2.75, 3.05) is 0 Å². The van der Waals surface area contributed by atoms with E-state index < -0.39 is 0 Å². The predicted octanol–water partition coefficient (Wildman–Crippen LogP) is 8.28. The maximum absolute atomic E-state index is 4.57. The quantitative estimate of drug-likeness (QED) is 0.111. The van der Waals surface area contributed by atoms with E-state index in [1.54, 1.807) is 0 Å². The molecule has 6 aromatic rings. The molecule has 0 spiro atoms. The average molecular weight is 577 g/mol. The Kier molecular flexibility index (Phi) is 12.2. The van der Waals surface area contributed by atoms with Gasteiger partial charge in [0.15, 0.2) is 0 Å². The zero-order chi connectivity index (χ0) is 24.6. The third kappa shape index (κ3) is 9.39. The molecule has 0 radical (unpaired) electrons. The summed E-state index contributed by atoms with van der Waals surface area (Å²) in [5, 5.41) is 7.67. The number of halogens is 1. The smallest absolute Gasteiger partial charge is 0.0226 e. The van der Waals surface area contributed by atoms with Gasteiger partial charge in [0.05, 0.1) is 0 Å². The minimum absolute atomic E-state index is 0.777. The van der Waals surface area contributed by atoms with Crippen molar-refractivity contribution >= 4 is 50.4 Å². The van der Waals surface area contributed by atoms with Crippen LogP contribution in [0.5, 0.6) is 0 Å². The van der Waals surface area contributed by atoms with E-state index in [0.717, 1.165) is 8.58 Å². The van der Waals surface area contributed by atoms with E-state index >= 15 is 0 Å². The fraction of sp³-hybridized carbons (Fsp3) is 0. The van der Waals surface area contributed by atoms with Crippen LogP contribution >= 0.6 is 18.3 Å². The standard InChI is InChI=1S/C12H11P.2C10H7.ClH.Ru/c1-3-7-11(8-4-1)13-12-9-5-2-6-10-12;2*1-2-6-10-8-4-3-7-9(10)5-1;;/h1-10,13H;2*1-7H;1H;/q;2*-1;;+3/p-1. The zero-order valence-corrected chi connectivity index (χ0v) is 22.6.